The van der Waals surface area contributed by atoms with E-state index in [1.807, 2.05) is 55.5 Å². The molecule has 0 unspecified atom stereocenters. The van der Waals surface area contributed by atoms with Crippen LogP contribution in [0, 0.1) is 6.92 Å². The van der Waals surface area contributed by atoms with Gasteiger partial charge in [0, 0.05) is 12.2 Å². The smallest absolute Gasteiger partial charge is 0.322 e. The van der Waals surface area contributed by atoms with Gasteiger partial charge in [-0.05, 0) is 36.8 Å². The van der Waals surface area contributed by atoms with Crippen molar-refractivity contribution in [3.05, 3.63) is 83.6 Å². The number of hydrogen-bond donors (Lipinski definition) is 1. The van der Waals surface area contributed by atoms with Gasteiger partial charge in [0.2, 0.25) is 0 Å². The Hall–Kier alpha value is -3.54. The zero-order valence-electron chi connectivity index (χ0n) is 16.5. The first-order valence-corrected chi connectivity index (χ1v) is 9.48. The van der Waals surface area contributed by atoms with Gasteiger partial charge >= 0.3 is 6.03 Å². The van der Waals surface area contributed by atoms with Crippen LogP contribution in [0.5, 0.6) is 5.75 Å². The molecule has 148 valence electrons. The van der Waals surface area contributed by atoms with Crippen molar-refractivity contribution in [3.63, 3.8) is 0 Å². The molecule has 0 radical (unpaired) electrons. The van der Waals surface area contributed by atoms with Gasteiger partial charge in [-0.2, -0.15) is 0 Å². The van der Waals surface area contributed by atoms with Crippen LogP contribution < -0.4 is 15.0 Å². The number of carbonyl (C=O) groups excluding carboxylic acids is 2. The van der Waals surface area contributed by atoms with Crippen molar-refractivity contribution in [1.82, 2.24) is 10.2 Å². The Kier molecular flexibility index (Phi) is 4.84. The van der Waals surface area contributed by atoms with Gasteiger partial charge in [0.15, 0.2) is 0 Å². The van der Waals surface area contributed by atoms with E-state index in [1.54, 1.807) is 23.0 Å². The molecule has 6 heteroatoms. The van der Waals surface area contributed by atoms with Crippen molar-refractivity contribution in [2.24, 2.45) is 0 Å². The molecule has 0 bridgehead atoms. The summed E-state index contributed by atoms with van der Waals surface area (Å²) in [7, 11) is 1.60. The number of nitrogens with zero attached hydrogens (tertiary/aromatic N) is 2. The van der Waals surface area contributed by atoms with Crippen LogP contribution in [0.15, 0.2) is 72.5 Å². The van der Waals surface area contributed by atoms with Crippen molar-refractivity contribution in [2.75, 3.05) is 25.1 Å². The van der Waals surface area contributed by atoms with Crippen molar-refractivity contribution in [1.29, 1.82) is 0 Å². The second-order valence-electron chi connectivity index (χ2n) is 7.14. The fourth-order valence-electron chi connectivity index (χ4n) is 3.79. The number of urea groups is 1. The molecule has 0 aromatic heterocycles. The largest absolute Gasteiger partial charge is 0.497 e. The monoisotopic (exact) mass is 389 g/mol. The summed E-state index contributed by atoms with van der Waals surface area (Å²) in [5.74, 6) is 0.621. The van der Waals surface area contributed by atoms with Crippen molar-refractivity contribution >= 4 is 17.6 Å². The highest BCUT2D eigenvalue weighted by Gasteiger charge is 2.44. The minimum atomic E-state index is -0.507. The molecule has 0 aliphatic carbocycles. The van der Waals surface area contributed by atoms with E-state index in [1.165, 1.54) is 0 Å². The molecule has 3 amide bonds. The average molecular weight is 389 g/mol. The van der Waals surface area contributed by atoms with Crippen molar-refractivity contribution in [3.8, 4) is 5.75 Å². The van der Waals surface area contributed by atoms with Crippen LogP contribution in [0.1, 0.15) is 17.2 Å². The molecule has 0 spiro atoms. The maximum absolute atomic E-state index is 13.4. The van der Waals surface area contributed by atoms with E-state index in [0.717, 1.165) is 28.3 Å². The molecule has 0 saturated heterocycles. The first kappa shape index (κ1) is 18.8. The van der Waals surface area contributed by atoms with Crippen molar-refractivity contribution < 1.29 is 14.3 Å². The lowest BCUT2D eigenvalue weighted by Crippen LogP contribution is -2.47. The van der Waals surface area contributed by atoms with Gasteiger partial charge in [0.1, 0.15) is 5.75 Å². The topological polar surface area (TPSA) is 61.9 Å². The SMILES string of the molecule is C=CCN1C(=O)N[C@@H](c2ccc(OC)cc2)C2=C1CN(c1ccc(C)cc1)C2=O. The maximum atomic E-state index is 13.4. The first-order valence-electron chi connectivity index (χ1n) is 9.48. The summed E-state index contributed by atoms with van der Waals surface area (Å²) in [5.41, 5.74) is 4.09. The summed E-state index contributed by atoms with van der Waals surface area (Å²) in [5, 5.41) is 2.98. The van der Waals surface area contributed by atoms with E-state index in [4.69, 9.17) is 4.74 Å². The Morgan fingerprint density at radius 3 is 2.45 bits per heavy atom. The number of ether oxygens (including phenoxy) is 1. The first-order chi connectivity index (χ1) is 14.0. The highest BCUT2D eigenvalue weighted by atomic mass is 16.5. The van der Waals surface area contributed by atoms with E-state index in [-0.39, 0.29) is 11.9 Å². The average Bonchev–Trinajstić information content (AvgIpc) is 3.08. The van der Waals surface area contributed by atoms with E-state index in [2.05, 4.69) is 11.9 Å². The van der Waals surface area contributed by atoms with Crippen LogP contribution in [-0.4, -0.2) is 37.0 Å². The Bertz CT molecular complexity index is 993. The van der Waals surface area contributed by atoms with E-state index < -0.39 is 6.04 Å². The maximum Gasteiger partial charge on any atom is 0.322 e. The number of carbonyl (C=O) groups is 2. The number of aryl methyl sites for hydroxylation is 1. The summed E-state index contributed by atoms with van der Waals surface area (Å²) in [6, 6.07) is 14.5. The zero-order valence-corrected chi connectivity index (χ0v) is 16.5. The molecule has 0 fully saturated rings. The van der Waals surface area contributed by atoms with E-state index in [9.17, 15) is 9.59 Å². The zero-order chi connectivity index (χ0) is 20.5. The normalized spacial score (nSPS) is 18.6. The Labute approximate surface area is 170 Å². The van der Waals surface area contributed by atoms with Gasteiger partial charge in [-0.1, -0.05) is 35.9 Å². The summed E-state index contributed by atoms with van der Waals surface area (Å²) in [4.78, 5) is 29.5. The number of amides is 3. The lowest BCUT2D eigenvalue weighted by Gasteiger charge is -2.33. The predicted molar refractivity (Wildman–Crippen MR) is 112 cm³/mol. The van der Waals surface area contributed by atoms with Crippen molar-refractivity contribution in [2.45, 2.75) is 13.0 Å². The molecule has 2 heterocycles. The highest BCUT2D eigenvalue weighted by molar-refractivity contribution is 6.11. The Morgan fingerprint density at radius 1 is 1.14 bits per heavy atom. The molecule has 6 nitrogen and oxygen atoms in total. The lowest BCUT2D eigenvalue weighted by atomic mass is 9.95. The van der Waals surface area contributed by atoms with Crippen LogP contribution in [0.4, 0.5) is 10.5 Å². The van der Waals surface area contributed by atoms with Gasteiger partial charge < -0.3 is 15.0 Å². The molecule has 1 N–H and O–H groups in total. The third-order valence-electron chi connectivity index (χ3n) is 5.33. The number of anilines is 1. The molecule has 1 atom stereocenters. The fourth-order valence-corrected chi connectivity index (χ4v) is 3.79. The Morgan fingerprint density at radius 2 is 1.83 bits per heavy atom. The van der Waals surface area contributed by atoms with Gasteiger partial charge in [-0.25, -0.2) is 4.79 Å². The number of methoxy groups -OCH3 is 1. The number of benzene rings is 2. The molecule has 0 saturated carbocycles. The fraction of sp³-hybridized carbons (Fsp3) is 0.217. The second-order valence-corrected chi connectivity index (χ2v) is 7.14. The van der Waals surface area contributed by atoms with Crippen LogP contribution in [-0.2, 0) is 4.79 Å². The van der Waals surface area contributed by atoms with Crippen LogP contribution in [0.2, 0.25) is 0 Å². The molecule has 2 aromatic carbocycles. The van der Waals surface area contributed by atoms with Gasteiger partial charge in [-0.3, -0.25) is 9.69 Å². The predicted octanol–water partition coefficient (Wildman–Crippen LogP) is 3.56. The number of rotatable bonds is 5. The third-order valence-corrected chi connectivity index (χ3v) is 5.33. The quantitative estimate of drug-likeness (QED) is 0.796. The standard InChI is InChI=1S/C23H23N3O3/c1-4-13-25-19-14-26(17-9-5-15(2)6-10-17)22(27)20(19)21(24-23(25)28)16-7-11-18(29-3)12-8-16/h4-12,21H,1,13-14H2,2-3H3,(H,24,28)/t21-/m0/s1. The molecular weight excluding hydrogens is 366 g/mol. The van der Waals surface area contributed by atoms with E-state index >= 15 is 0 Å². The molecule has 2 aliphatic heterocycles. The third kappa shape index (κ3) is 3.27. The van der Waals surface area contributed by atoms with Gasteiger partial charge in [0.05, 0.1) is 31.0 Å². The second kappa shape index (κ2) is 7.47. The molecule has 29 heavy (non-hydrogen) atoms. The Balaban J connectivity index is 1.76. The highest BCUT2D eigenvalue weighted by Crippen LogP contribution is 2.38. The van der Waals surface area contributed by atoms with Crippen LogP contribution in [0.3, 0.4) is 0 Å². The lowest BCUT2D eigenvalue weighted by molar-refractivity contribution is -0.114. The van der Waals surface area contributed by atoms with Gasteiger partial charge in [0.25, 0.3) is 5.91 Å². The molecule has 2 aromatic rings. The number of hydrogen-bond acceptors (Lipinski definition) is 3. The molecule has 4 rings (SSSR count). The van der Waals surface area contributed by atoms with Crippen LogP contribution in [0.25, 0.3) is 0 Å². The minimum absolute atomic E-state index is 0.0984. The summed E-state index contributed by atoms with van der Waals surface area (Å²) in [6.45, 7) is 6.45. The molecule has 2 aliphatic rings. The minimum Gasteiger partial charge on any atom is -0.497 e. The van der Waals surface area contributed by atoms with Gasteiger partial charge in [-0.15, -0.1) is 6.58 Å². The summed E-state index contributed by atoms with van der Waals surface area (Å²) in [6.07, 6.45) is 1.66. The van der Waals surface area contributed by atoms with E-state index in [0.29, 0.717) is 18.7 Å². The summed E-state index contributed by atoms with van der Waals surface area (Å²) < 4.78 is 5.23. The van der Waals surface area contributed by atoms with Crippen LogP contribution >= 0.6 is 0 Å². The summed E-state index contributed by atoms with van der Waals surface area (Å²) >= 11 is 0. The molecular formula is C23H23N3O3. The number of nitrogens with one attached hydrogen (secondary N) is 1.